The van der Waals surface area contributed by atoms with Crippen LogP contribution >= 0.6 is 0 Å². The topological polar surface area (TPSA) is 79.8 Å². The van der Waals surface area contributed by atoms with Gasteiger partial charge in [-0.05, 0) is 39.0 Å². The minimum atomic E-state index is -0.574. The van der Waals surface area contributed by atoms with Crippen molar-refractivity contribution in [3.05, 3.63) is 23.8 Å². The first-order valence-corrected chi connectivity index (χ1v) is 5.89. The van der Waals surface area contributed by atoms with Crippen LogP contribution in [0.25, 0.3) is 0 Å². The zero-order valence-corrected chi connectivity index (χ0v) is 11.6. The first-order valence-electron chi connectivity index (χ1n) is 5.89. The fraction of sp³-hybridized carbons (Fsp3) is 0.462. The first kappa shape index (κ1) is 15.1. The van der Waals surface area contributed by atoms with Gasteiger partial charge in [-0.15, -0.1) is 0 Å². The molecule has 1 aromatic rings. The van der Waals surface area contributed by atoms with Gasteiger partial charge in [0, 0.05) is 12.1 Å². The van der Waals surface area contributed by atoms with E-state index in [0.29, 0.717) is 11.3 Å². The van der Waals surface area contributed by atoms with E-state index in [9.17, 15) is 9.90 Å². The van der Waals surface area contributed by atoms with E-state index >= 15 is 0 Å². The number of benzene rings is 1. The highest BCUT2D eigenvalue weighted by atomic mass is 16.6. The molecule has 6 nitrogen and oxygen atoms in total. The van der Waals surface area contributed by atoms with E-state index in [4.69, 9.17) is 9.47 Å². The molecule has 0 bridgehead atoms. The highest BCUT2D eigenvalue weighted by molar-refractivity contribution is 5.67. The summed E-state index contributed by atoms with van der Waals surface area (Å²) in [5.41, 5.74) is 5.12. The van der Waals surface area contributed by atoms with Crippen LogP contribution in [-0.2, 0) is 11.3 Å². The van der Waals surface area contributed by atoms with Gasteiger partial charge in [0.25, 0.3) is 0 Å². The third-order valence-electron chi connectivity index (χ3n) is 2.15. The van der Waals surface area contributed by atoms with Crippen LogP contribution in [-0.4, -0.2) is 23.9 Å². The van der Waals surface area contributed by atoms with Crippen molar-refractivity contribution >= 4 is 6.09 Å². The van der Waals surface area contributed by atoms with Gasteiger partial charge < -0.3 is 14.6 Å². The Morgan fingerprint density at radius 2 is 2.05 bits per heavy atom. The predicted molar refractivity (Wildman–Crippen MR) is 70.9 cm³/mol. The first-order chi connectivity index (χ1) is 8.81. The second-order valence-electron chi connectivity index (χ2n) is 4.98. The van der Waals surface area contributed by atoms with Gasteiger partial charge >= 0.3 is 6.09 Å². The highest BCUT2D eigenvalue weighted by Gasteiger charge is 2.15. The fourth-order valence-corrected chi connectivity index (χ4v) is 1.35. The molecule has 19 heavy (non-hydrogen) atoms. The standard InChI is InChI=1S/C13H20N2O4/c1-13(2,3)19-12(17)15-14-8-9-7-10(18-4)5-6-11(9)16/h5-7,14,16H,8H2,1-4H3,(H,15,17). The zero-order chi connectivity index (χ0) is 14.5. The normalized spacial score (nSPS) is 10.9. The molecule has 0 aromatic heterocycles. The van der Waals surface area contributed by atoms with E-state index in [2.05, 4.69) is 10.9 Å². The van der Waals surface area contributed by atoms with Gasteiger partial charge in [0.05, 0.1) is 7.11 Å². The fourth-order valence-electron chi connectivity index (χ4n) is 1.35. The molecule has 0 radical (unpaired) electrons. The van der Waals surface area contributed by atoms with E-state index in [1.54, 1.807) is 40.0 Å². The third kappa shape index (κ3) is 5.48. The Labute approximate surface area is 112 Å². The summed E-state index contributed by atoms with van der Waals surface area (Å²) in [5, 5.41) is 9.64. The van der Waals surface area contributed by atoms with Gasteiger partial charge in [0.15, 0.2) is 0 Å². The van der Waals surface area contributed by atoms with Gasteiger partial charge in [0.2, 0.25) is 0 Å². The van der Waals surface area contributed by atoms with Crippen molar-refractivity contribution in [1.29, 1.82) is 0 Å². The van der Waals surface area contributed by atoms with Crippen molar-refractivity contribution < 1.29 is 19.4 Å². The Kier molecular flexibility index (Phi) is 5.00. The number of aromatic hydroxyl groups is 1. The molecule has 1 aromatic carbocycles. The molecule has 0 unspecified atom stereocenters. The summed E-state index contributed by atoms with van der Waals surface area (Å²) in [4.78, 5) is 11.4. The molecule has 0 saturated heterocycles. The van der Waals surface area contributed by atoms with Crippen molar-refractivity contribution in [1.82, 2.24) is 10.9 Å². The quantitative estimate of drug-likeness (QED) is 0.727. The Hall–Kier alpha value is -1.95. The minimum Gasteiger partial charge on any atom is -0.508 e. The summed E-state index contributed by atoms with van der Waals surface area (Å²) in [6.07, 6.45) is -0.574. The summed E-state index contributed by atoms with van der Waals surface area (Å²) < 4.78 is 10.1. The van der Waals surface area contributed by atoms with Crippen molar-refractivity contribution in [3.8, 4) is 11.5 Å². The van der Waals surface area contributed by atoms with Crippen LogP contribution in [0.1, 0.15) is 26.3 Å². The number of rotatable bonds is 4. The lowest BCUT2D eigenvalue weighted by Crippen LogP contribution is -2.40. The molecule has 0 fully saturated rings. The van der Waals surface area contributed by atoms with Crippen molar-refractivity contribution in [3.63, 3.8) is 0 Å². The Morgan fingerprint density at radius 3 is 2.63 bits per heavy atom. The SMILES string of the molecule is COc1ccc(O)c(CNNC(=O)OC(C)(C)C)c1. The average molecular weight is 268 g/mol. The van der Waals surface area contributed by atoms with Gasteiger partial charge in [-0.3, -0.25) is 5.43 Å². The number of hydrogen-bond donors (Lipinski definition) is 3. The summed E-state index contributed by atoms with van der Waals surface area (Å²) in [6.45, 7) is 5.59. The van der Waals surface area contributed by atoms with E-state index in [1.165, 1.54) is 6.07 Å². The molecule has 106 valence electrons. The smallest absolute Gasteiger partial charge is 0.422 e. The molecular weight excluding hydrogens is 248 g/mol. The number of nitrogens with one attached hydrogen (secondary N) is 2. The summed E-state index contributed by atoms with van der Waals surface area (Å²) >= 11 is 0. The van der Waals surface area contributed by atoms with E-state index < -0.39 is 11.7 Å². The Balaban J connectivity index is 2.47. The van der Waals surface area contributed by atoms with E-state index in [-0.39, 0.29) is 12.3 Å². The van der Waals surface area contributed by atoms with Crippen LogP contribution in [0.5, 0.6) is 11.5 Å². The van der Waals surface area contributed by atoms with Crippen molar-refractivity contribution in [2.45, 2.75) is 32.9 Å². The minimum absolute atomic E-state index is 0.124. The van der Waals surface area contributed by atoms with Gasteiger partial charge in [-0.25, -0.2) is 10.2 Å². The molecular formula is C13H20N2O4. The largest absolute Gasteiger partial charge is 0.508 e. The number of carbonyl (C=O) groups excluding carboxylic acids is 1. The number of methoxy groups -OCH3 is 1. The average Bonchev–Trinajstić information content (AvgIpc) is 2.29. The molecule has 6 heteroatoms. The maximum absolute atomic E-state index is 11.4. The van der Waals surface area contributed by atoms with Crippen molar-refractivity contribution in [2.24, 2.45) is 0 Å². The second kappa shape index (κ2) is 6.29. The van der Waals surface area contributed by atoms with Crippen LogP contribution < -0.4 is 15.6 Å². The molecule has 0 saturated carbocycles. The maximum Gasteiger partial charge on any atom is 0.422 e. The molecule has 1 amide bonds. The molecule has 0 aliphatic heterocycles. The zero-order valence-electron chi connectivity index (χ0n) is 11.6. The molecule has 0 atom stereocenters. The van der Waals surface area contributed by atoms with E-state index in [1.807, 2.05) is 0 Å². The molecule has 0 heterocycles. The van der Waals surface area contributed by atoms with Gasteiger partial charge in [-0.2, -0.15) is 0 Å². The van der Waals surface area contributed by atoms with Crippen LogP contribution in [0.15, 0.2) is 18.2 Å². The highest BCUT2D eigenvalue weighted by Crippen LogP contribution is 2.22. The summed E-state index contributed by atoms with van der Waals surface area (Å²) in [7, 11) is 1.54. The van der Waals surface area contributed by atoms with Crippen LogP contribution in [0.3, 0.4) is 0 Å². The lowest BCUT2D eigenvalue weighted by atomic mass is 10.2. The van der Waals surface area contributed by atoms with Crippen molar-refractivity contribution in [2.75, 3.05) is 7.11 Å². The molecule has 0 spiro atoms. The number of hydrogen-bond acceptors (Lipinski definition) is 5. The summed E-state index contributed by atoms with van der Waals surface area (Å²) in [5.74, 6) is 0.756. The predicted octanol–water partition coefficient (Wildman–Crippen LogP) is 1.93. The van der Waals surface area contributed by atoms with Crippen LogP contribution in [0.2, 0.25) is 0 Å². The molecule has 0 aliphatic carbocycles. The lowest BCUT2D eigenvalue weighted by molar-refractivity contribution is 0.0496. The van der Waals surface area contributed by atoms with Gasteiger partial charge in [-0.1, -0.05) is 0 Å². The number of phenolic OH excluding ortho intramolecular Hbond substituents is 1. The number of phenols is 1. The number of hydrazine groups is 1. The van der Waals surface area contributed by atoms with Crippen LogP contribution in [0.4, 0.5) is 4.79 Å². The third-order valence-corrected chi connectivity index (χ3v) is 2.15. The maximum atomic E-state index is 11.4. The second-order valence-corrected chi connectivity index (χ2v) is 4.98. The van der Waals surface area contributed by atoms with Crippen LogP contribution in [0, 0.1) is 0 Å². The monoisotopic (exact) mass is 268 g/mol. The number of amides is 1. The summed E-state index contributed by atoms with van der Waals surface area (Å²) in [6, 6.07) is 4.86. The lowest BCUT2D eigenvalue weighted by Gasteiger charge is -2.19. The van der Waals surface area contributed by atoms with Gasteiger partial charge in [0.1, 0.15) is 17.1 Å². The number of ether oxygens (including phenoxy) is 2. The molecule has 3 N–H and O–H groups in total. The molecule has 0 aliphatic rings. The Morgan fingerprint density at radius 1 is 1.37 bits per heavy atom. The van der Waals surface area contributed by atoms with E-state index in [0.717, 1.165) is 0 Å². The number of carbonyl (C=O) groups is 1. The Bertz CT molecular complexity index is 441. The molecule has 1 rings (SSSR count).